The number of carbonyl (C=O) groups excluding carboxylic acids is 1. The van der Waals surface area contributed by atoms with Crippen LogP contribution in [0.25, 0.3) is 0 Å². The van der Waals surface area contributed by atoms with E-state index in [1.807, 2.05) is 0 Å². The molecule has 290 valence electrons. The second-order valence-electron chi connectivity index (χ2n) is 17.4. The summed E-state index contributed by atoms with van der Waals surface area (Å²) in [7, 11) is 1.63. The van der Waals surface area contributed by atoms with Gasteiger partial charge in [0, 0.05) is 51.6 Å². The van der Waals surface area contributed by atoms with Gasteiger partial charge in [0.1, 0.15) is 36.3 Å². The second-order valence-corrected chi connectivity index (χ2v) is 17.4. The summed E-state index contributed by atoms with van der Waals surface area (Å²) in [5, 5.41) is 20.1. The standard InChI is InChI=1S/C40H58O12/c1-19-11-24-5-7-28-20(2)12-26(45-28)9-10-40-17-33-36(51-40)37-38(50-33)39(52-40)35-29(49-37)8-6-25(47-35)13-22(42)14-27-31(16-30(46-24)21(19)3)48-32(34(27)44-4)15-23(43)18-41/h19,23-39,41,43H,2-3,5-18H2,1,4H3/t19-,23+,24?,25-,26+,27?,28?,29+,30?,31?,32?,33-,34-,35+,36+,37+,38-,39+,40+/m1/s1. The number of hydrogen-bond acceptors (Lipinski definition) is 12. The molecule has 0 aromatic heterocycles. The molecule has 2 N–H and O–H groups in total. The highest BCUT2D eigenvalue weighted by atomic mass is 16.8. The van der Waals surface area contributed by atoms with Crippen LogP contribution in [0, 0.1) is 11.8 Å². The van der Waals surface area contributed by atoms with E-state index >= 15 is 0 Å². The predicted octanol–water partition coefficient (Wildman–Crippen LogP) is 3.47. The third-order valence-corrected chi connectivity index (χ3v) is 13.9. The van der Waals surface area contributed by atoms with Crippen LogP contribution in [0.3, 0.4) is 0 Å². The molecule has 10 aliphatic heterocycles. The molecule has 0 saturated carbocycles. The average molecular weight is 731 g/mol. The molecule has 10 rings (SSSR count). The number of hydrogen-bond donors (Lipinski definition) is 2. The van der Waals surface area contributed by atoms with Crippen LogP contribution in [0.4, 0.5) is 0 Å². The van der Waals surface area contributed by atoms with Crippen LogP contribution in [0.15, 0.2) is 24.3 Å². The Balaban J connectivity index is 0.994. The number of ether oxygens (including phenoxy) is 9. The molecule has 52 heavy (non-hydrogen) atoms. The summed E-state index contributed by atoms with van der Waals surface area (Å²) < 4.78 is 59.8. The van der Waals surface area contributed by atoms with Gasteiger partial charge in [0.05, 0.1) is 73.8 Å². The molecule has 0 amide bonds. The highest BCUT2D eigenvalue weighted by molar-refractivity contribution is 5.79. The molecule has 10 saturated heterocycles. The monoisotopic (exact) mass is 730 g/mol. The zero-order chi connectivity index (χ0) is 35.9. The van der Waals surface area contributed by atoms with Crippen LogP contribution >= 0.6 is 0 Å². The molecule has 10 fully saturated rings. The molecule has 10 heterocycles. The predicted molar refractivity (Wildman–Crippen MR) is 184 cm³/mol. The molecule has 0 aromatic carbocycles. The Labute approximate surface area is 306 Å². The summed E-state index contributed by atoms with van der Waals surface area (Å²) >= 11 is 0. The minimum absolute atomic E-state index is 0.0260. The number of fused-ring (bicyclic) bond motifs is 6. The summed E-state index contributed by atoms with van der Waals surface area (Å²) in [6.45, 7) is 10.7. The van der Waals surface area contributed by atoms with E-state index in [-0.39, 0.29) is 123 Å². The third-order valence-electron chi connectivity index (χ3n) is 13.9. The maximum atomic E-state index is 14.0. The van der Waals surface area contributed by atoms with Gasteiger partial charge >= 0.3 is 0 Å². The Morgan fingerprint density at radius 3 is 2.37 bits per heavy atom. The molecule has 1 spiro atoms. The van der Waals surface area contributed by atoms with E-state index in [9.17, 15) is 15.0 Å². The molecular formula is C40H58O12. The van der Waals surface area contributed by atoms with Gasteiger partial charge < -0.3 is 52.8 Å². The fourth-order valence-electron chi connectivity index (χ4n) is 11.3. The first-order chi connectivity index (χ1) is 25.1. The SMILES string of the molecule is C=C1C[C@@H]2CC[C@@]34C[C@H]5O[C@H]6[C@@H](O3)[C@H]3O[C@H](CC[C@@H]3O[C@H]6[C@H]5O4)CC(=O)CC3C(CC4OC(CCC1O2)C[C@@H](C)C4=C)OC(C[C@H](O)CO)[C@@H]3OC. The van der Waals surface area contributed by atoms with E-state index < -0.39 is 24.1 Å². The van der Waals surface area contributed by atoms with Crippen molar-refractivity contribution in [1.82, 2.24) is 0 Å². The fourth-order valence-corrected chi connectivity index (χ4v) is 11.3. The van der Waals surface area contributed by atoms with Gasteiger partial charge in [-0.15, -0.1) is 0 Å². The lowest BCUT2D eigenvalue weighted by Crippen LogP contribution is -2.61. The van der Waals surface area contributed by atoms with Crippen molar-refractivity contribution >= 4 is 5.78 Å². The summed E-state index contributed by atoms with van der Waals surface area (Å²) in [5.74, 6) is -0.709. The largest absolute Gasteiger partial charge is 0.394 e. The first-order valence-corrected chi connectivity index (χ1v) is 20.1. The molecule has 0 aliphatic carbocycles. The quantitative estimate of drug-likeness (QED) is 0.410. The van der Waals surface area contributed by atoms with Crippen LogP contribution < -0.4 is 0 Å². The van der Waals surface area contributed by atoms with Crippen molar-refractivity contribution in [2.45, 2.75) is 194 Å². The van der Waals surface area contributed by atoms with Gasteiger partial charge in [-0.3, -0.25) is 4.79 Å². The van der Waals surface area contributed by atoms with Crippen molar-refractivity contribution in [3.8, 4) is 0 Å². The maximum absolute atomic E-state index is 14.0. The molecule has 0 radical (unpaired) electrons. The topological polar surface area (TPSA) is 141 Å². The summed E-state index contributed by atoms with van der Waals surface area (Å²) in [6, 6.07) is 0. The normalized spacial score (nSPS) is 52.4. The van der Waals surface area contributed by atoms with Gasteiger partial charge in [-0.25, -0.2) is 0 Å². The van der Waals surface area contributed by atoms with Crippen LogP contribution in [-0.4, -0.2) is 133 Å². The van der Waals surface area contributed by atoms with Crippen LogP contribution in [-0.2, 0) is 47.4 Å². The van der Waals surface area contributed by atoms with E-state index in [1.165, 1.54) is 0 Å². The lowest BCUT2D eigenvalue weighted by atomic mass is 9.81. The number of carbonyl (C=O) groups is 1. The number of ketones is 1. The second kappa shape index (κ2) is 14.3. The highest BCUT2D eigenvalue weighted by Crippen LogP contribution is 2.54. The van der Waals surface area contributed by atoms with E-state index in [1.54, 1.807) is 7.11 Å². The molecule has 0 aromatic rings. The highest BCUT2D eigenvalue weighted by Gasteiger charge is 2.68. The van der Waals surface area contributed by atoms with E-state index in [0.717, 1.165) is 49.7 Å². The minimum atomic E-state index is -0.951. The van der Waals surface area contributed by atoms with Crippen molar-refractivity contribution in [2.24, 2.45) is 11.8 Å². The van der Waals surface area contributed by atoms with Crippen LogP contribution in [0.2, 0.25) is 0 Å². The van der Waals surface area contributed by atoms with Gasteiger partial charge in [-0.1, -0.05) is 20.1 Å². The maximum Gasteiger partial charge on any atom is 0.172 e. The first-order valence-electron chi connectivity index (χ1n) is 20.1. The van der Waals surface area contributed by atoms with Crippen molar-refractivity contribution in [3.05, 3.63) is 24.3 Å². The van der Waals surface area contributed by atoms with Crippen molar-refractivity contribution in [2.75, 3.05) is 13.7 Å². The number of aliphatic hydroxyl groups excluding tert-OH is 2. The van der Waals surface area contributed by atoms with Gasteiger partial charge in [-0.2, -0.15) is 0 Å². The molecule has 10 aliphatic rings. The Bertz CT molecular complexity index is 1370. The number of rotatable bonds is 4. The summed E-state index contributed by atoms with van der Waals surface area (Å²) in [5.41, 5.74) is 2.17. The van der Waals surface area contributed by atoms with Crippen molar-refractivity contribution in [1.29, 1.82) is 0 Å². The van der Waals surface area contributed by atoms with Gasteiger partial charge in [0.15, 0.2) is 5.79 Å². The molecule has 12 nitrogen and oxygen atoms in total. The zero-order valence-corrected chi connectivity index (χ0v) is 30.7. The Morgan fingerprint density at radius 2 is 1.54 bits per heavy atom. The Kier molecular flexibility index (Phi) is 10.0. The van der Waals surface area contributed by atoms with Crippen molar-refractivity contribution in [3.63, 3.8) is 0 Å². The number of methoxy groups -OCH3 is 1. The fraction of sp³-hybridized carbons (Fsp3) is 0.875. The lowest BCUT2D eigenvalue weighted by Gasteiger charge is -2.47. The van der Waals surface area contributed by atoms with E-state index in [2.05, 4.69) is 20.1 Å². The molecule has 19 atom stereocenters. The van der Waals surface area contributed by atoms with Gasteiger partial charge in [0.25, 0.3) is 0 Å². The van der Waals surface area contributed by atoms with Crippen LogP contribution in [0.5, 0.6) is 0 Å². The van der Waals surface area contributed by atoms with E-state index in [4.69, 9.17) is 42.6 Å². The lowest BCUT2D eigenvalue weighted by molar-refractivity contribution is -0.292. The Hall–Kier alpha value is -1.29. The average Bonchev–Trinajstić information content (AvgIpc) is 3.79. The smallest absolute Gasteiger partial charge is 0.172 e. The van der Waals surface area contributed by atoms with Crippen molar-refractivity contribution < 1.29 is 57.6 Å². The summed E-state index contributed by atoms with van der Waals surface area (Å²) in [4.78, 5) is 14.0. The zero-order valence-electron chi connectivity index (χ0n) is 30.7. The first kappa shape index (κ1) is 36.4. The number of aliphatic hydroxyl groups is 2. The van der Waals surface area contributed by atoms with Crippen LogP contribution in [0.1, 0.15) is 90.4 Å². The molecule has 12 heteroatoms. The van der Waals surface area contributed by atoms with Gasteiger partial charge in [0.2, 0.25) is 0 Å². The third kappa shape index (κ3) is 6.59. The molecule has 12 bridgehead atoms. The Morgan fingerprint density at radius 1 is 0.788 bits per heavy atom. The van der Waals surface area contributed by atoms with E-state index in [0.29, 0.717) is 25.7 Å². The molecule has 6 unspecified atom stereocenters. The van der Waals surface area contributed by atoms with Gasteiger partial charge in [-0.05, 0) is 62.0 Å². The molecular weight excluding hydrogens is 672 g/mol. The number of Topliss-reactive ketones (excluding diaryl/α,β-unsaturated/α-hetero) is 1. The summed E-state index contributed by atoms with van der Waals surface area (Å²) in [6.07, 6.45) is 4.01. The minimum Gasteiger partial charge on any atom is -0.394 e.